The second-order valence-electron chi connectivity index (χ2n) is 5.64. The fourth-order valence-corrected chi connectivity index (χ4v) is 2.60. The third-order valence-corrected chi connectivity index (χ3v) is 3.94. The summed E-state index contributed by atoms with van der Waals surface area (Å²) in [5.74, 6) is 0.563. The SMILES string of the molecule is Cc1ccc([C@H](Nc2ccccc2[N+](=O)[O-])C2CC2)cc1. The highest BCUT2D eigenvalue weighted by Crippen LogP contribution is 2.43. The van der Waals surface area contributed by atoms with Gasteiger partial charge in [0.15, 0.2) is 0 Å². The third-order valence-electron chi connectivity index (χ3n) is 3.94. The first kappa shape index (κ1) is 13.6. The molecule has 0 spiro atoms. The minimum Gasteiger partial charge on any atom is -0.372 e. The molecule has 2 aromatic carbocycles. The molecule has 0 heterocycles. The maximum atomic E-state index is 11.1. The lowest BCUT2D eigenvalue weighted by Gasteiger charge is -2.20. The molecule has 1 aliphatic carbocycles. The highest BCUT2D eigenvalue weighted by Gasteiger charge is 2.33. The molecule has 1 fully saturated rings. The van der Waals surface area contributed by atoms with Gasteiger partial charge in [0, 0.05) is 6.07 Å². The number of nitro benzene ring substituents is 1. The molecule has 1 atom stereocenters. The maximum Gasteiger partial charge on any atom is 0.292 e. The van der Waals surface area contributed by atoms with E-state index in [1.807, 2.05) is 6.07 Å². The predicted molar refractivity (Wildman–Crippen MR) is 83.4 cm³/mol. The number of nitro groups is 1. The summed E-state index contributed by atoms with van der Waals surface area (Å²) < 4.78 is 0. The molecule has 0 unspecified atom stereocenters. The second kappa shape index (κ2) is 5.56. The summed E-state index contributed by atoms with van der Waals surface area (Å²) in [4.78, 5) is 10.8. The molecule has 0 aliphatic heterocycles. The van der Waals surface area contributed by atoms with E-state index in [9.17, 15) is 10.1 Å². The molecule has 2 aromatic rings. The lowest BCUT2D eigenvalue weighted by molar-refractivity contribution is -0.384. The number of benzene rings is 2. The van der Waals surface area contributed by atoms with Crippen molar-refractivity contribution < 1.29 is 4.92 Å². The molecule has 1 saturated carbocycles. The normalized spacial score (nSPS) is 15.5. The van der Waals surface area contributed by atoms with Crippen LogP contribution in [0.2, 0.25) is 0 Å². The van der Waals surface area contributed by atoms with Gasteiger partial charge in [-0.25, -0.2) is 0 Å². The largest absolute Gasteiger partial charge is 0.372 e. The fraction of sp³-hybridized carbons (Fsp3) is 0.294. The van der Waals surface area contributed by atoms with Crippen LogP contribution in [0.4, 0.5) is 11.4 Å². The van der Waals surface area contributed by atoms with E-state index in [2.05, 4.69) is 36.5 Å². The number of hydrogen-bond donors (Lipinski definition) is 1. The molecule has 0 bridgehead atoms. The molecule has 0 aromatic heterocycles. The zero-order valence-electron chi connectivity index (χ0n) is 12.0. The average Bonchev–Trinajstić information content (AvgIpc) is 3.31. The smallest absolute Gasteiger partial charge is 0.292 e. The lowest BCUT2D eigenvalue weighted by Crippen LogP contribution is -2.14. The zero-order chi connectivity index (χ0) is 14.8. The van der Waals surface area contributed by atoms with Gasteiger partial charge in [-0.1, -0.05) is 42.0 Å². The Morgan fingerprint density at radius 1 is 1.14 bits per heavy atom. The summed E-state index contributed by atoms with van der Waals surface area (Å²) in [6.45, 7) is 2.06. The standard InChI is InChI=1S/C17H18N2O2/c1-12-6-8-13(9-7-12)17(14-10-11-14)18-15-4-2-3-5-16(15)19(20)21/h2-9,14,17-18H,10-11H2,1H3/t17-/m0/s1. The van der Waals surface area contributed by atoms with E-state index in [-0.39, 0.29) is 16.7 Å². The Labute approximate surface area is 124 Å². The molecule has 0 radical (unpaired) electrons. The van der Waals surface area contributed by atoms with Crippen molar-refractivity contribution in [2.45, 2.75) is 25.8 Å². The first-order chi connectivity index (χ1) is 10.1. The highest BCUT2D eigenvalue weighted by molar-refractivity contribution is 5.62. The average molecular weight is 282 g/mol. The van der Waals surface area contributed by atoms with E-state index in [1.165, 1.54) is 24.0 Å². The number of para-hydroxylation sites is 2. The van der Waals surface area contributed by atoms with Crippen molar-refractivity contribution in [2.24, 2.45) is 5.92 Å². The molecule has 21 heavy (non-hydrogen) atoms. The monoisotopic (exact) mass is 282 g/mol. The van der Waals surface area contributed by atoms with Crippen molar-refractivity contribution in [3.63, 3.8) is 0 Å². The van der Waals surface area contributed by atoms with Gasteiger partial charge in [-0.05, 0) is 37.3 Å². The van der Waals surface area contributed by atoms with Crippen LogP contribution in [0.5, 0.6) is 0 Å². The van der Waals surface area contributed by atoms with Crippen LogP contribution in [0.25, 0.3) is 0 Å². The lowest BCUT2D eigenvalue weighted by atomic mass is 10.0. The molecule has 0 amide bonds. The van der Waals surface area contributed by atoms with Crippen molar-refractivity contribution in [1.82, 2.24) is 0 Å². The van der Waals surface area contributed by atoms with Crippen LogP contribution in [0.3, 0.4) is 0 Å². The Morgan fingerprint density at radius 2 is 1.81 bits per heavy atom. The minimum atomic E-state index is -0.332. The Balaban J connectivity index is 1.90. The van der Waals surface area contributed by atoms with E-state index in [0.717, 1.165) is 0 Å². The number of nitrogens with zero attached hydrogens (tertiary/aromatic N) is 1. The minimum absolute atomic E-state index is 0.135. The summed E-state index contributed by atoms with van der Waals surface area (Å²) >= 11 is 0. The van der Waals surface area contributed by atoms with Crippen molar-refractivity contribution in [1.29, 1.82) is 0 Å². The quantitative estimate of drug-likeness (QED) is 0.650. The number of nitrogens with one attached hydrogen (secondary N) is 1. The van der Waals surface area contributed by atoms with Crippen LogP contribution in [-0.4, -0.2) is 4.92 Å². The van der Waals surface area contributed by atoms with E-state index >= 15 is 0 Å². The van der Waals surface area contributed by atoms with Gasteiger partial charge in [0.1, 0.15) is 5.69 Å². The van der Waals surface area contributed by atoms with Crippen molar-refractivity contribution >= 4 is 11.4 Å². The van der Waals surface area contributed by atoms with Crippen molar-refractivity contribution in [3.05, 3.63) is 69.8 Å². The molecule has 0 saturated heterocycles. The highest BCUT2D eigenvalue weighted by atomic mass is 16.6. The van der Waals surface area contributed by atoms with E-state index in [4.69, 9.17) is 0 Å². The van der Waals surface area contributed by atoms with Crippen LogP contribution < -0.4 is 5.32 Å². The number of anilines is 1. The summed E-state index contributed by atoms with van der Waals surface area (Å²) in [6.07, 6.45) is 2.35. The van der Waals surface area contributed by atoms with Gasteiger partial charge in [0.25, 0.3) is 5.69 Å². The van der Waals surface area contributed by atoms with Gasteiger partial charge in [-0.2, -0.15) is 0 Å². The van der Waals surface area contributed by atoms with Crippen molar-refractivity contribution in [2.75, 3.05) is 5.32 Å². The summed E-state index contributed by atoms with van der Waals surface area (Å²) in [7, 11) is 0. The maximum absolute atomic E-state index is 11.1. The Morgan fingerprint density at radius 3 is 2.43 bits per heavy atom. The third kappa shape index (κ3) is 3.05. The molecule has 4 heteroatoms. The van der Waals surface area contributed by atoms with Gasteiger partial charge in [-0.15, -0.1) is 0 Å². The van der Waals surface area contributed by atoms with Gasteiger partial charge in [0.2, 0.25) is 0 Å². The van der Waals surface area contributed by atoms with Crippen LogP contribution in [0, 0.1) is 23.0 Å². The molecule has 1 aliphatic rings. The van der Waals surface area contributed by atoms with Crippen LogP contribution in [0.15, 0.2) is 48.5 Å². The molecule has 4 nitrogen and oxygen atoms in total. The topological polar surface area (TPSA) is 55.2 Å². The van der Waals surface area contributed by atoms with E-state index in [0.29, 0.717) is 11.6 Å². The molecule has 108 valence electrons. The van der Waals surface area contributed by atoms with Crippen LogP contribution >= 0.6 is 0 Å². The molecular formula is C17H18N2O2. The zero-order valence-corrected chi connectivity index (χ0v) is 12.0. The van der Waals surface area contributed by atoms with Crippen LogP contribution in [0.1, 0.15) is 30.0 Å². The van der Waals surface area contributed by atoms with Gasteiger partial charge in [0.05, 0.1) is 11.0 Å². The number of aryl methyl sites for hydroxylation is 1. The van der Waals surface area contributed by atoms with Gasteiger partial charge in [-0.3, -0.25) is 10.1 Å². The first-order valence-corrected chi connectivity index (χ1v) is 7.21. The Bertz CT molecular complexity index is 648. The predicted octanol–water partition coefficient (Wildman–Crippen LogP) is 4.47. The first-order valence-electron chi connectivity index (χ1n) is 7.21. The summed E-state index contributed by atoms with van der Waals surface area (Å²) in [6, 6.07) is 15.4. The number of hydrogen-bond acceptors (Lipinski definition) is 3. The molecule has 3 rings (SSSR count). The van der Waals surface area contributed by atoms with Gasteiger partial charge < -0.3 is 5.32 Å². The Kier molecular flexibility index (Phi) is 3.60. The second-order valence-corrected chi connectivity index (χ2v) is 5.64. The van der Waals surface area contributed by atoms with Gasteiger partial charge >= 0.3 is 0 Å². The van der Waals surface area contributed by atoms with Crippen molar-refractivity contribution in [3.8, 4) is 0 Å². The van der Waals surface area contributed by atoms with Crippen LogP contribution in [-0.2, 0) is 0 Å². The fourth-order valence-electron chi connectivity index (χ4n) is 2.60. The molecular weight excluding hydrogens is 264 g/mol. The number of rotatable bonds is 5. The summed E-state index contributed by atoms with van der Waals surface area (Å²) in [5.41, 5.74) is 3.15. The Hall–Kier alpha value is -2.36. The van der Waals surface area contributed by atoms with E-state index < -0.39 is 0 Å². The van der Waals surface area contributed by atoms with E-state index in [1.54, 1.807) is 18.2 Å². The molecule has 1 N–H and O–H groups in total. The summed E-state index contributed by atoms with van der Waals surface area (Å²) in [5, 5.41) is 14.5.